The van der Waals surface area contributed by atoms with Crippen molar-refractivity contribution in [2.75, 3.05) is 10.6 Å². The van der Waals surface area contributed by atoms with Gasteiger partial charge < -0.3 is 10.6 Å². The average molecular weight is 485 g/mol. The summed E-state index contributed by atoms with van der Waals surface area (Å²) in [5.74, 6) is -0.416. The van der Waals surface area contributed by atoms with Gasteiger partial charge in [-0.15, -0.1) is 11.3 Å². The molecule has 0 aliphatic heterocycles. The maximum Gasteiger partial charge on any atom is 0.259 e. The first-order valence-electron chi connectivity index (χ1n) is 11.4. The molecule has 0 unspecified atom stereocenters. The fourth-order valence-electron chi connectivity index (χ4n) is 3.76. The highest BCUT2D eigenvalue weighted by molar-refractivity contribution is 7.14. The molecule has 3 N–H and O–H groups in total. The maximum absolute atomic E-state index is 13.2. The number of nitrogens with zero attached hydrogens (tertiary/aromatic N) is 1. The number of nitrogens with one attached hydrogen (secondary N) is 3. The Kier molecular flexibility index (Phi) is 6.29. The van der Waals surface area contributed by atoms with Gasteiger partial charge in [0.15, 0.2) is 5.13 Å². The van der Waals surface area contributed by atoms with Crippen LogP contribution in [-0.2, 0) is 16.1 Å². The van der Waals surface area contributed by atoms with Crippen molar-refractivity contribution in [3.05, 3.63) is 77.2 Å². The Morgan fingerprint density at radius 1 is 0.971 bits per heavy atom. The van der Waals surface area contributed by atoms with Crippen LogP contribution in [0.2, 0.25) is 0 Å². The molecule has 7 nitrogen and oxygen atoms in total. The molecule has 0 saturated heterocycles. The van der Waals surface area contributed by atoms with Crippen LogP contribution in [-0.4, -0.2) is 22.7 Å². The van der Waals surface area contributed by atoms with Crippen molar-refractivity contribution in [1.82, 2.24) is 10.3 Å². The summed E-state index contributed by atoms with van der Waals surface area (Å²) in [6, 6.07) is 19.1. The molecule has 0 radical (unpaired) electrons. The molecule has 1 saturated carbocycles. The van der Waals surface area contributed by atoms with Crippen LogP contribution >= 0.6 is 11.3 Å². The van der Waals surface area contributed by atoms with E-state index < -0.39 is 0 Å². The normalized spacial score (nSPS) is 12.8. The Balaban J connectivity index is 1.35. The first-order chi connectivity index (χ1) is 17.0. The van der Waals surface area contributed by atoms with Crippen LogP contribution < -0.4 is 16.0 Å². The number of amides is 3. The van der Waals surface area contributed by atoms with Gasteiger partial charge in [-0.05, 0) is 41.3 Å². The predicted molar refractivity (Wildman–Crippen MR) is 138 cm³/mol. The van der Waals surface area contributed by atoms with E-state index in [2.05, 4.69) is 20.9 Å². The molecular formula is C27H24N4O3S. The third-order valence-corrected chi connectivity index (χ3v) is 6.61. The van der Waals surface area contributed by atoms with Gasteiger partial charge in [0.25, 0.3) is 5.91 Å². The van der Waals surface area contributed by atoms with Gasteiger partial charge in [0, 0.05) is 30.3 Å². The topological polar surface area (TPSA) is 100 Å². The molecule has 1 heterocycles. The monoisotopic (exact) mass is 484 g/mol. The predicted octanol–water partition coefficient (Wildman–Crippen LogP) is 5.20. The summed E-state index contributed by atoms with van der Waals surface area (Å²) >= 11 is 1.34. The van der Waals surface area contributed by atoms with Gasteiger partial charge in [0.1, 0.15) is 0 Å². The molecule has 1 aromatic heterocycles. The van der Waals surface area contributed by atoms with Gasteiger partial charge in [-0.3, -0.25) is 19.7 Å². The minimum atomic E-state index is -0.326. The SMILES string of the molecule is CC(=O)NCc1ccc(-c2csc(NC(=O)c3cc4ccccc4cc3NC(=O)C3CC3)n2)cc1. The van der Waals surface area contributed by atoms with Gasteiger partial charge >= 0.3 is 0 Å². The number of rotatable bonds is 7. The van der Waals surface area contributed by atoms with Gasteiger partial charge in [0.2, 0.25) is 11.8 Å². The Bertz CT molecular complexity index is 1420. The lowest BCUT2D eigenvalue weighted by Crippen LogP contribution is -2.19. The summed E-state index contributed by atoms with van der Waals surface area (Å²) in [7, 11) is 0. The van der Waals surface area contributed by atoms with Crippen molar-refractivity contribution < 1.29 is 14.4 Å². The van der Waals surface area contributed by atoms with E-state index in [0.29, 0.717) is 22.9 Å². The summed E-state index contributed by atoms with van der Waals surface area (Å²) in [6.45, 7) is 1.96. The minimum absolute atomic E-state index is 0.0310. The first kappa shape index (κ1) is 22.7. The number of benzene rings is 3. The summed E-state index contributed by atoms with van der Waals surface area (Å²) in [6.07, 6.45) is 1.77. The minimum Gasteiger partial charge on any atom is -0.352 e. The van der Waals surface area contributed by atoms with E-state index in [1.165, 1.54) is 18.3 Å². The van der Waals surface area contributed by atoms with E-state index in [9.17, 15) is 14.4 Å². The first-order valence-corrected chi connectivity index (χ1v) is 12.3. The van der Waals surface area contributed by atoms with Crippen LogP contribution in [0, 0.1) is 5.92 Å². The number of hydrogen-bond donors (Lipinski definition) is 3. The summed E-state index contributed by atoms with van der Waals surface area (Å²) in [5, 5.41) is 12.8. The number of carbonyl (C=O) groups excluding carboxylic acids is 3. The van der Waals surface area contributed by atoms with E-state index >= 15 is 0 Å². The third kappa shape index (κ3) is 5.38. The number of hydrogen-bond acceptors (Lipinski definition) is 5. The van der Waals surface area contributed by atoms with Crippen LogP contribution in [0.4, 0.5) is 10.8 Å². The van der Waals surface area contributed by atoms with Crippen molar-refractivity contribution in [2.45, 2.75) is 26.3 Å². The molecule has 3 aromatic carbocycles. The van der Waals surface area contributed by atoms with Crippen molar-refractivity contribution in [3.8, 4) is 11.3 Å². The molecular weight excluding hydrogens is 460 g/mol. The standard InChI is InChI=1S/C27H24N4O3S/c1-16(32)28-14-17-6-8-18(9-7-17)24-15-35-27(30-24)31-26(34)22-12-20-4-2-3-5-21(20)13-23(22)29-25(33)19-10-11-19/h2-9,12-13,15,19H,10-11,14H2,1H3,(H,28,32)(H,29,33)(H,30,31,34). The summed E-state index contributed by atoms with van der Waals surface area (Å²) < 4.78 is 0. The third-order valence-electron chi connectivity index (χ3n) is 5.85. The Hall–Kier alpha value is -4.04. The molecule has 176 valence electrons. The quantitative estimate of drug-likeness (QED) is 0.336. The number of anilines is 2. The van der Waals surface area contributed by atoms with Crippen molar-refractivity contribution in [2.24, 2.45) is 5.92 Å². The lowest BCUT2D eigenvalue weighted by Gasteiger charge is -2.12. The number of aromatic nitrogens is 1. The van der Waals surface area contributed by atoms with Crippen LogP contribution in [0.5, 0.6) is 0 Å². The zero-order chi connectivity index (χ0) is 24.4. The van der Waals surface area contributed by atoms with E-state index in [1.807, 2.05) is 60.0 Å². The molecule has 8 heteroatoms. The fourth-order valence-corrected chi connectivity index (χ4v) is 4.47. The van der Waals surface area contributed by atoms with Gasteiger partial charge in [-0.1, -0.05) is 48.5 Å². The second-order valence-corrected chi connectivity index (χ2v) is 9.47. The van der Waals surface area contributed by atoms with E-state index in [4.69, 9.17) is 0 Å². The maximum atomic E-state index is 13.2. The highest BCUT2D eigenvalue weighted by atomic mass is 32.1. The van der Waals surface area contributed by atoms with Crippen molar-refractivity contribution in [3.63, 3.8) is 0 Å². The molecule has 1 aliphatic carbocycles. The number of fused-ring (bicyclic) bond motifs is 1. The number of carbonyl (C=O) groups is 3. The lowest BCUT2D eigenvalue weighted by molar-refractivity contribution is -0.119. The smallest absolute Gasteiger partial charge is 0.259 e. The van der Waals surface area contributed by atoms with Gasteiger partial charge in [0.05, 0.1) is 16.9 Å². The van der Waals surface area contributed by atoms with E-state index in [0.717, 1.165) is 40.4 Å². The molecule has 3 amide bonds. The molecule has 0 bridgehead atoms. The lowest BCUT2D eigenvalue weighted by atomic mass is 10.0. The highest BCUT2D eigenvalue weighted by Crippen LogP contribution is 2.32. The molecule has 1 fully saturated rings. The highest BCUT2D eigenvalue weighted by Gasteiger charge is 2.30. The van der Waals surface area contributed by atoms with Crippen LogP contribution in [0.15, 0.2) is 66.0 Å². The van der Waals surface area contributed by atoms with Crippen LogP contribution in [0.25, 0.3) is 22.0 Å². The number of thiazole rings is 1. The van der Waals surface area contributed by atoms with Gasteiger partial charge in [-0.25, -0.2) is 4.98 Å². The van der Waals surface area contributed by atoms with Crippen LogP contribution in [0.1, 0.15) is 35.7 Å². The zero-order valence-electron chi connectivity index (χ0n) is 19.1. The summed E-state index contributed by atoms with van der Waals surface area (Å²) in [4.78, 5) is 41.3. The second kappa shape index (κ2) is 9.68. The van der Waals surface area contributed by atoms with Crippen molar-refractivity contribution >= 4 is 50.6 Å². The molecule has 1 aliphatic rings. The second-order valence-electron chi connectivity index (χ2n) is 8.61. The Labute approximate surface area is 206 Å². The molecule has 0 spiro atoms. The van der Waals surface area contributed by atoms with E-state index in [1.54, 1.807) is 6.07 Å². The Morgan fingerprint density at radius 3 is 2.37 bits per heavy atom. The average Bonchev–Trinajstić information content (AvgIpc) is 3.62. The zero-order valence-corrected chi connectivity index (χ0v) is 19.9. The van der Waals surface area contributed by atoms with Gasteiger partial charge in [-0.2, -0.15) is 0 Å². The molecule has 35 heavy (non-hydrogen) atoms. The van der Waals surface area contributed by atoms with Crippen molar-refractivity contribution in [1.29, 1.82) is 0 Å². The van der Waals surface area contributed by atoms with E-state index in [-0.39, 0.29) is 23.6 Å². The molecule has 0 atom stereocenters. The Morgan fingerprint density at radius 2 is 1.69 bits per heavy atom. The molecule has 5 rings (SSSR count). The summed E-state index contributed by atoms with van der Waals surface area (Å²) in [5.41, 5.74) is 3.56. The van der Waals surface area contributed by atoms with Crippen LogP contribution in [0.3, 0.4) is 0 Å². The molecule has 4 aromatic rings. The largest absolute Gasteiger partial charge is 0.352 e. The fraction of sp³-hybridized carbons (Fsp3) is 0.185.